The number of thiazole rings is 1. The molecule has 0 N–H and O–H groups in total. The molecule has 1 aromatic heterocycles. The second-order valence-electron chi connectivity index (χ2n) is 7.43. The molecule has 8 heteroatoms. The van der Waals surface area contributed by atoms with Gasteiger partial charge in [0.2, 0.25) is 5.91 Å². The zero-order valence-electron chi connectivity index (χ0n) is 18.8. The number of anilines is 2. The molecule has 32 heavy (non-hydrogen) atoms. The topological polar surface area (TPSA) is 76.6 Å². The molecule has 0 saturated heterocycles. The number of amides is 1. The van der Waals surface area contributed by atoms with Gasteiger partial charge in [0, 0.05) is 18.1 Å². The van der Waals surface area contributed by atoms with E-state index >= 15 is 0 Å². The van der Waals surface area contributed by atoms with Gasteiger partial charge in [-0.05, 0) is 44.0 Å². The Hall–Kier alpha value is -2.84. The fourth-order valence-corrected chi connectivity index (χ4v) is 5.38. The molecule has 0 spiro atoms. The maximum Gasteiger partial charge on any atom is 0.339 e. The maximum atomic E-state index is 12.6. The third kappa shape index (κ3) is 5.14. The van der Waals surface area contributed by atoms with Crippen LogP contribution in [0.1, 0.15) is 46.6 Å². The third-order valence-corrected chi connectivity index (χ3v) is 7.12. The van der Waals surface area contributed by atoms with Crippen LogP contribution in [-0.4, -0.2) is 26.8 Å². The Morgan fingerprint density at radius 3 is 2.41 bits per heavy atom. The molecule has 0 saturated carbocycles. The molecule has 6 nitrogen and oxygen atoms in total. The van der Waals surface area contributed by atoms with E-state index in [0.717, 1.165) is 22.4 Å². The van der Waals surface area contributed by atoms with Crippen LogP contribution in [0.2, 0.25) is 0 Å². The number of ether oxygens (including phenoxy) is 1. The highest BCUT2D eigenvalue weighted by molar-refractivity contribution is 7.85. The van der Waals surface area contributed by atoms with Crippen LogP contribution in [0.4, 0.5) is 10.8 Å². The molecule has 1 heterocycles. The van der Waals surface area contributed by atoms with Crippen LogP contribution >= 0.6 is 11.3 Å². The number of hydrogen-bond donors (Lipinski definition) is 0. The average Bonchev–Trinajstić information content (AvgIpc) is 3.21. The zero-order chi connectivity index (χ0) is 23.4. The number of esters is 1. The first-order valence-corrected chi connectivity index (χ1v) is 12.4. The first-order chi connectivity index (χ1) is 15.2. The third-order valence-electron chi connectivity index (χ3n) is 4.87. The van der Waals surface area contributed by atoms with Crippen molar-refractivity contribution in [2.45, 2.75) is 46.1 Å². The molecule has 3 rings (SSSR count). The zero-order valence-corrected chi connectivity index (χ0v) is 20.4. The van der Waals surface area contributed by atoms with Crippen LogP contribution in [-0.2, 0) is 26.9 Å². The predicted molar refractivity (Wildman–Crippen MR) is 128 cm³/mol. The molecule has 0 bridgehead atoms. The number of rotatable bonds is 7. The molecule has 1 amide bonds. The maximum absolute atomic E-state index is 12.6. The van der Waals surface area contributed by atoms with Crippen molar-refractivity contribution in [2.24, 2.45) is 0 Å². The number of carbonyl (C=O) groups excluding carboxylic acids is 2. The molecule has 2 aromatic carbocycles. The monoisotopic (exact) mass is 470 g/mol. The van der Waals surface area contributed by atoms with Crippen molar-refractivity contribution in [1.29, 1.82) is 0 Å². The summed E-state index contributed by atoms with van der Waals surface area (Å²) in [6.07, 6.45) is 0. The highest BCUT2D eigenvalue weighted by atomic mass is 32.2. The second kappa shape index (κ2) is 10.2. The largest absolute Gasteiger partial charge is 0.456 e. The lowest BCUT2D eigenvalue weighted by Gasteiger charge is -2.23. The fourth-order valence-electron chi connectivity index (χ4n) is 3.58. The standard InChI is InChI=1S/C24H26N2O4S2/c1-6-32(29)21-10-8-7-9-20(21)23(28)30-13-19-14-31-24(25-19)26(18(5)27)22-16(3)11-15(2)12-17(22)4/h7-12,14H,6,13H2,1-5H3. The Morgan fingerprint density at radius 2 is 1.78 bits per heavy atom. The average molecular weight is 471 g/mol. The van der Waals surface area contributed by atoms with Crippen LogP contribution in [0.5, 0.6) is 0 Å². The predicted octanol–water partition coefficient (Wildman–Crippen LogP) is 5.24. The van der Waals surface area contributed by atoms with E-state index in [1.807, 2.05) is 32.9 Å². The van der Waals surface area contributed by atoms with Gasteiger partial charge in [-0.3, -0.25) is 13.9 Å². The number of hydrogen-bond acceptors (Lipinski definition) is 6. The lowest BCUT2D eigenvalue weighted by molar-refractivity contribution is -0.115. The Labute approximate surface area is 194 Å². The normalized spacial score (nSPS) is 11.8. The summed E-state index contributed by atoms with van der Waals surface area (Å²) < 4.78 is 17.7. The minimum atomic E-state index is -1.26. The summed E-state index contributed by atoms with van der Waals surface area (Å²) in [5.41, 5.74) is 4.75. The van der Waals surface area contributed by atoms with E-state index in [1.54, 1.807) is 41.5 Å². The summed E-state index contributed by atoms with van der Waals surface area (Å²) in [6, 6.07) is 10.8. The molecular formula is C24H26N2O4S2. The van der Waals surface area contributed by atoms with E-state index < -0.39 is 16.8 Å². The summed E-state index contributed by atoms with van der Waals surface area (Å²) in [7, 11) is -1.26. The second-order valence-corrected chi connectivity index (χ2v) is 9.97. The molecular weight excluding hydrogens is 444 g/mol. The summed E-state index contributed by atoms with van der Waals surface area (Å²) in [5.74, 6) is -0.280. The number of carbonyl (C=O) groups is 2. The fraction of sp³-hybridized carbons (Fsp3) is 0.292. The number of aryl methyl sites for hydroxylation is 3. The minimum Gasteiger partial charge on any atom is -0.456 e. The van der Waals surface area contributed by atoms with Crippen LogP contribution < -0.4 is 4.90 Å². The molecule has 3 aromatic rings. The van der Waals surface area contributed by atoms with Gasteiger partial charge in [0.25, 0.3) is 0 Å². The minimum absolute atomic E-state index is 0.0416. The first-order valence-electron chi connectivity index (χ1n) is 10.2. The van der Waals surface area contributed by atoms with Gasteiger partial charge in [0.05, 0.1) is 32.6 Å². The van der Waals surface area contributed by atoms with Gasteiger partial charge >= 0.3 is 5.97 Å². The van der Waals surface area contributed by atoms with E-state index in [-0.39, 0.29) is 12.5 Å². The number of aromatic nitrogens is 1. The van der Waals surface area contributed by atoms with Crippen molar-refractivity contribution >= 4 is 44.8 Å². The van der Waals surface area contributed by atoms with E-state index in [1.165, 1.54) is 18.3 Å². The Bertz CT molecular complexity index is 1160. The Morgan fingerprint density at radius 1 is 1.12 bits per heavy atom. The van der Waals surface area contributed by atoms with Crippen molar-refractivity contribution in [3.8, 4) is 0 Å². The SMILES string of the molecule is CCS(=O)c1ccccc1C(=O)OCc1csc(N(C(C)=O)c2c(C)cc(C)cc2C)n1. The van der Waals surface area contributed by atoms with Crippen molar-refractivity contribution in [1.82, 2.24) is 4.98 Å². The van der Waals surface area contributed by atoms with Crippen LogP contribution in [0.3, 0.4) is 0 Å². The van der Waals surface area contributed by atoms with Crippen molar-refractivity contribution in [2.75, 3.05) is 10.7 Å². The number of nitrogens with zero attached hydrogens (tertiary/aromatic N) is 2. The van der Waals surface area contributed by atoms with Gasteiger partial charge in [-0.25, -0.2) is 9.78 Å². The molecule has 1 atom stereocenters. The number of benzene rings is 2. The van der Waals surface area contributed by atoms with E-state index in [4.69, 9.17) is 4.74 Å². The molecule has 0 radical (unpaired) electrons. The Balaban J connectivity index is 1.81. The first kappa shape index (κ1) is 23.8. The quantitative estimate of drug-likeness (QED) is 0.442. The molecule has 168 valence electrons. The summed E-state index contributed by atoms with van der Waals surface area (Å²) >= 11 is 1.32. The lowest BCUT2D eigenvalue weighted by atomic mass is 10.0. The van der Waals surface area contributed by atoms with E-state index in [2.05, 4.69) is 4.98 Å². The molecule has 1 unspecified atom stereocenters. The van der Waals surface area contributed by atoms with Crippen molar-refractivity contribution in [3.05, 3.63) is 69.7 Å². The lowest BCUT2D eigenvalue weighted by Crippen LogP contribution is -2.24. The summed E-state index contributed by atoms with van der Waals surface area (Å²) in [5, 5.41) is 2.29. The summed E-state index contributed by atoms with van der Waals surface area (Å²) in [6.45, 7) is 9.22. The molecule has 0 aliphatic rings. The van der Waals surface area contributed by atoms with Gasteiger partial charge in [0.1, 0.15) is 6.61 Å². The van der Waals surface area contributed by atoms with E-state index in [0.29, 0.717) is 27.0 Å². The van der Waals surface area contributed by atoms with Crippen LogP contribution in [0, 0.1) is 20.8 Å². The van der Waals surface area contributed by atoms with Crippen molar-refractivity contribution in [3.63, 3.8) is 0 Å². The van der Waals surface area contributed by atoms with Gasteiger partial charge in [0.15, 0.2) is 5.13 Å². The summed E-state index contributed by atoms with van der Waals surface area (Å²) in [4.78, 5) is 31.7. The van der Waals surface area contributed by atoms with Gasteiger partial charge in [-0.2, -0.15) is 0 Å². The van der Waals surface area contributed by atoms with Crippen LogP contribution in [0.25, 0.3) is 0 Å². The highest BCUT2D eigenvalue weighted by Crippen LogP contribution is 2.34. The molecule has 0 fully saturated rings. The smallest absolute Gasteiger partial charge is 0.339 e. The highest BCUT2D eigenvalue weighted by Gasteiger charge is 2.22. The molecule has 0 aliphatic carbocycles. The van der Waals surface area contributed by atoms with Gasteiger partial charge < -0.3 is 4.74 Å². The van der Waals surface area contributed by atoms with Crippen LogP contribution in [0.15, 0.2) is 46.7 Å². The van der Waals surface area contributed by atoms with Crippen molar-refractivity contribution < 1.29 is 18.5 Å². The van der Waals surface area contributed by atoms with Gasteiger partial charge in [-0.1, -0.05) is 36.8 Å². The van der Waals surface area contributed by atoms with Gasteiger partial charge in [-0.15, -0.1) is 11.3 Å². The van der Waals surface area contributed by atoms with E-state index in [9.17, 15) is 13.8 Å². The molecule has 0 aliphatic heterocycles. The Kier molecular flexibility index (Phi) is 7.58.